The Morgan fingerprint density at radius 1 is 1.25 bits per heavy atom. The van der Waals surface area contributed by atoms with E-state index in [1.807, 2.05) is 36.2 Å². The van der Waals surface area contributed by atoms with Gasteiger partial charge in [-0.15, -0.1) is 0 Å². The van der Waals surface area contributed by atoms with E-state index in [9.17, 15) is 9.90 Å². The Morgan fingerprint density at radius 3 is 2.72 bits per heavy atom. The first kappa shape index (κ1) is 25.3. The molecule has 1 heterocycles. The van der Waals surface area contributed by atoms with E-state index in [1.54, 1.807) is 0 Å². The first-order valence-electron chi connectivity index (χ1n) is 12.6. The number of piperidine rings is 1. The lowest BCUT2D eigenvalue weighted by Gasteiger charge is -2.43. The highest BCUT2D eigenvalue weighted by atomic mass is 35.5. The Bertz CT molecular complexity index is 725. The molecule has 3 unspecified atom stereocenters. The summed E-state index contributed by atoms with van der Waals surface area (Å²) in [7, 11) is 1.95. The third-order valence-electron chi connectivity index (χ3n) is 7.46. The predicted molar refractivity (Wildman–Crippen MR) is 132 cm³/mol. The van der Waals surface area contributed by atoms with Crippen molar-refractivity contribution in [3.8, 4) is 0 Å². The second kappa shape index (κ2) is 12.2. The maximum atomic E-state index is 13.2. The number of hydrogen-bond acceptors (Lipinski definition) is 3. The molecular formula is C26H42ClN3O2. The van der Waals surface area contributed by atoms with Gasteiger partial charge in [-0.3, -0.25) is 0 Å². The van der Waals surface area contributed by atoms with Gasteiger partial charge in [0, 0.05) is 36.6 Å². The first-order chi connectivity index (χ1) is 15.5. The molecule has 1 aromatic rings. The van der Waals surface area contributed by atoms with Gasteiger partial charge in [0.15, 0.2) is 0 Å². The van der Waals surface area contributed by atoms with Gasteiger partial charge in [0.05, 0.1) is 5.60 Å². The quantitative estimate of drug-likeness (QED) is 0.465. The second-order valence-corrected chi connectivity index (χ2v) is 10.4. The molecule has 0 spiro atoms. The van der Waals surface area contributed by atoms with E-state index in [4.69, 9.17) is 11.6 Å². The lowest BCUT2D eigenvalue weighted by Crippen LogP contribution is -2.54. The minimum Gasteiger partial charge on any atom is -0.385 e. The van der Waals surface area contributed by atoms with Crippen LogP contribution in [-0.4, -0.2) is 48.8 Å². The molecule has 6 heteroatoms. The summed E-state index contributed by atoms with van der Waals surface area (Å²) in [5, 5.41) is 19.0. The van der Waals surface area contributed by atoms with Crippen LogP contribution in [-0.2, 0) is 5.60 Å². The number of carbonyl (C=O) groups is 1. The Labute approximate surface area is 199 Å². The van der Waals surface area contributed by atoms with E-state index in [1.165, 1.54) is 32.1 Å². The Morgan fingerprint density at radius 2 is 2.03 bits per heavy atom. The number of benzene rings is 1. The van der Waals surface area contributed by atoms with Crippen LogP contribution in [0.1, 0.15) is 76.7 Å². The molecule has 2 fully saturated rings. The molecule has 32 heavy (non-hydrogen) atoms. The predicted octanol–water partition coefficient (Wildman–Crippen LogP) is 5.31. The summed E-state index contributed by atoms with van der Waals surface area (Å²) in [6.45, 7) is 4.21. The molecule has 3 N–H and O–H groups in total. The molecule has 0 aromatic heterocycles. The molecule has 1 aliphatic carbocycles. The Hall–Kier alpha value is -1.30. The molecule has 2 aliphatic rings. The second-order valence-electron chi connectivity index (χ2n) is 9.91. The summed E-state index contributed by atoms with van der Waals surface area (Å²) in [5.74, 6) is 0.718. The lowest BCUT2D eigenvalue weighted by molar-refractivity contribution is -0.0545. The molecule has 0 bridgehead atoms. The zero-order valence-electron chi connectivity index (χ0n) is 19.9. The van der Waals surface area contributed by atoms with E-state index in [-0.39, 0.29) is 18.0 Å². The summed E-state index contributed by atoms with van der Waals surface area (Å²) in [6, 6.07) is 7.75. The van der Waals surface area contributed by atoms with Crippen LogP contribution in [0.15, 0.2) is 24.3 Å². The summed E-state index contributed by atoms with van der Waals surface area (Å²) in [6.07, 6.45) is 11.0. The number of hydrogen-bond donors (Lipinski definition) is 3. The maximum Gasteiger partial charge on any atom is 0.317 e. The number of nitrogens with one attached hydrogen (secondary N) is 2. The van der Waals surface area contributed by atoms with Crippen molar-refractivity contribution in [2.75, 3.05) is 26.7 Å². The largest absolute Gasteiger partial charge is 0.385 e. The fraction of sp³-hybridized carbons (Fsp3) is 0.731. The number of halogens is 1. The van der Waals surface area contributed by atoms with E-state index < -0.39 is 5.60 Å². The van der Waals surface area contributed by atoms with Gasteiger partial charge in [-0.1, -0.05) is 69.2 Å². The van der Waals surface area contributed by atoms with Crippen molar-refractivity contribution in [2.45, 2.75) is 82.8 Å². The smallest absolute Gasteiger partial charge is 0.317 e. The molecule has 3 rings (SSSR count). The third kappa shape index (κ3) is 6.61. The van der Waals surface area contributed by atoms with Gasteiger partial charge >= 0.3 is 6.03 Å². The number of rotatable bonds is 9. The fourth-order valence-corrected chi connectivity index (χ4v) is 6.00. The highest BCUT2D eigenvalue weighted by Crippen LogP contribution is 2.40. The number of nitrogens with zero attached hydrogens (tertiary/aromatic N) is 1. The molecule has 180 valence electrons. The lowest BCUT2D eigenvalue weighted by atomic mass is 9.74. The molecule has 3 atom stereocenters. The van der Waals surface area contributed by atoms with Crippen molar-refractivity contribution >= 4 is 17.6 Å². The Kier molecular flexibility index (Phi) is 9.69. The summed E-state index contributed by atoms with van der Waals surface area (Å²) in [4.78, 5) is 15.1. The van der Waals surface area contributed by atoms with Crippen molar-refractivity contribution in [3.05, 3.63) is 34.9 Å². The average molecular weight is 464 g/mol. The van der Waals surface area contributed by atoms with Gasteiger partial charge in [0.2, 0.25) is 0 Å². The van der Waals surface area contributed by atoms with Gasteiger partial charge in [0.25, 0.3) is 0 Å². The van der Waals surface area contributed by atoms with Gasteiger partial charge < -0.3 is 20.6 Å². The van der Waals surface area contributed by atoms with Crippen LogP contribution in [0.2, 0.25) is 5.02 Å². The van der Waals surface area contributed by atoms with E-state index >= 15 is 0 Å². The van der Waals surface area contributed by atoms with Crippen LogP contribution in [0.25, 0.3) is 0 Å². The molecule has 1 saturated carbocycles. The molecule has 2 amide bonds. The number of likely N-dealkylation sites (N-methyl/N-ethyl adjacent to an activating group) is 1. The number of aliphatic hydroxyl groups is 1. The van der Waals surface area contributed by atoms with Crippen LogP contribution >= 0.6 is 11.6 Å². The van der Waals surface area contributed by atoms with Crippen LogP contribution in [0.4, 0.5) is 4.79 Å². The topological polar surface area (TPSA) is 64.6 Å². The first-order valence-corrected chi connectivity index (χ1v) is 13.0. The van der Waals surface area contributed by atoms with Gasteiger partial charge in [-0.25, -0.2) is 4.79 Å². The maximum absolute atomic E-state index is 13.2. The molecule has 1 aromatic carbocycles. The standard InChI is InChI=1S/C26H42ClN3O2/c1-3-14-26(32,21-11-7-13-23(27)17-21)22-12-8-15-30(19-22)25(31)29-24(18-28-2)16-20-9-5-4-6-10-20/h7,11,13,17,20,22,24,28,32H,3-6,8-10,12,14-16,18-19H2,1-2H3,(H,29,31). The number of urea groups is 1. The molecule has 1 saturated heterocycles. The fourth-order valence-electron chi connectivity index (χ4n) is 5.81. The van der Waals surface area contributed by atoms with Gasteiger partial charge in [-0.2, -0.15) is 0 Å². The number of amides is 2. The van der Waals surface area contributed by atoms with Crippen LogP contribution in [0.5, 0.6) is 0 Å². The SMILES string of the molecule is CCCC(O)(c1cccc(Cl)c1)C1CCCN(C(=O)NC(CNC)CC2CCCCC2)C1. The van der Waals surface area contributed by atoms with Crippen molar-refractivity contribution in [2.24, 2.45) is 11.8 Å². The zero-order valence-corrected chi connectivity index (χ0v) is 20.7. The highest BCUT2D eigenvalue weighted by molar-refractivity contribution is 6.30. The third-order valence-corrected chi connectivity index (χ3v) is 7.70. The minimum absolute atomic E-state index is 0.00140. The molecular weight excluding hydrogens is 422 g/mol. The molecule has 5 nitrogen and oxygen atoms in total. The summed E-state index contributed by atoms with van der Waals surface area (Å²) in [5.41, 5.74) is -0.102. The van der Waals surface area contributed by atoms with E-state index in [2.05, 4.69) is 17.6 Å². The average Bonchev–Trinajstić information content (AvgIpc) is 2.80. The van der Waals surface area contributed by atoms with Crippen LogP contribution in [0, 0.1) is 11.8 Å². The molecule has 0 radical (unpaired) electrons. The number of likely N-dealkylation sites (tertiary alicyclic amines) is 1. The van der Waals surface area contributed by atoms with E-state index in [0.29, 0.717) is 23.9 Å². The normalized spacial score (nSPS) is 22.9. The van der Waals surface area contributed by atoms with Gasteiger partial charge in [0.1, 0.15) is 0 Å². The van der Waals surface area contributed by atoms with E-state index in [0.717, 1.165) is 44.3 Å². The number of carbonyl (C=O) groups excluding carboxylic acids is 1. The summed E-state index contributed by atoms with van der Waals surface area (Å²) >= 11 is 6.24. The minimum atomic E-state index is -0.967. The van der Waals surface area contributed by atoms with Crippen molar-refractivity contribution < 1.29 is 9.90 Å². The summed E-state index contributed by atoms with van der Waals surface area (Å²) < 4.78 is 0. The highest BCUT2D eigenvalue weighted by Gasteiger charge is 2.41. The monoisotopic (exact) mass is 463 g/mol. The van der Waals surface area contributed by atoms with Crippen LogP contribution < -0.4 is 10.6 Å². The van der Waals surface area contributed by atoms with Gasteiger partial charge in [-0.05, 0) is 56.3 Å². The zero-order chi connectivity index (χ0) is 23.0. The van der Waals surface area contributed by atoms with Crippen LogP contribution in [0.3, 0.4) is 0 Å². The van der Waals surface area contributed by atoms with Crippen molar-refractivity contribution in [1.82, 2.24) is 15.5 Å². The molecule has 1 aliphatic heterocycles. The van der Waals surface area contributed by atoms with Crippen molar-refractivity contribution in [3.63, 3.8) is 0 Å². The Balaban J connectivity index is 1.66. The van der Waals surface area contributed by atoms with Crippen molar-refractivity contribution in [1.29, 1.82) is 0 Å².